The van der Waals surface area contributed by atoms with Gasteiger partial charge < -0.3 is 5.32 Å². The number of ketones is 1. The molecule has 1 aliphatic carbocycles. The van der Waals surface area contributed by atoms with Crippen molar-refractivity contribution >= 4 is 23.3 Å². The number of allylic oxidation sites excluding steroid dienone is 2. The van der Waals surface area contributed by atoms with Crippen LogP contribution in [0.3, 0.4) is 0 Å². The molecule has 0 unspecified atom stereocenters. The molecule has 2 aromatic rings. The quantitative estimate of drug-likeness (QED) is 0.875. The lowest BCUT2D eigenvalue weighted by atomic mass is 9.85. The van der Waals surface area contributed by atoms with Crippen molar-refractivity contribution < 1.29 is 4.79 Å². The molecule has 0 saturated carbocycles. The number of anilines is 1. The van der Waals surface area contributed by atoms with Crippen LogP contribution in [0.5, 0.6) is 0 Å². The number of rotatable bonds is 1. The second-order valence-electron chi connectivity index (χ2n) is 5.20. The number of nitrogens with zero attached hydrogens (tertiary/aromatic N) is 4. The second kappa shape index (κ2) is 4.66. The molecule has 0 saturated heterocycles. The number of carbonyl (C=O) groups excluding carboxylic acids is 1. The number of hydrogen-bond acceptors (Lipinski definition) is 5. The smallest absolute Gasteiger partial charge is 0.248 e. The summed E-state index contributed by atoms with van der Waals surface area (Å²) in [5.41, 5.74) is 2.60. The number of Topliss-reactive ketones (excluding diaryl/α,β-unsaturated/α-hetero) is 1. The minimum Gasteiger partial charge on any atom is -0.326 e. The van der Waals surface area contributed by atoms with Crippen molar-refractivity contribution in [1.82, 2.24) is 20.2 Å². The van der Waals surface area contributed by atoms with E-state index >= 15 is 0 Å². The first kappa shape index (κ1) is 12.5. The number of tetrazole rings is 1. The molecule has 0 fully saturated rings. The first-order chi connectivity index (χ1) is 10.2. The van der Waals surface area contributed by atoms with Crippen LogP contribution in [-0.2, 0) is 4.79 Å². The topological polar surface area (TPSA) is 72.7 Å². The average Bonchev–Trinajstić information content (AvgIpc) is 2.93. The van der Waals surface area contributed by atoms with Crippen LogP contribution in [0.2, 0.25) is 5.02 Å². The van der Waals surface area contributed by atoms with Gasteiger partial charge >= 0.3 is 0 Å². The Hall–Kier alpha value is -2.21. The highest BCUT2D eigenvalue weighted by Crippen LogP contribution is 2.39. The standard InChI is InChI=1S/C14H12ClN5O/c15-9-4-1-3-8(7-9)13-12-10(5-2-6-11(12)21)16-14-17-18-19-20(13)14/h1,3-4,7,13H,2,5-6H2,(H,16,17,19)/t13-/m0/s1. The highest BCUT2D eigenvalue weighted by atomic mass is 35.5. The van der Waals surface area contributed by atoms with Crippen LogP contribution in [0.1, 0.15) is 30.9 Å². The third kappa shape index (κ3) is 1.94. The van der Waals surface area contributed by atoms with Gasteiger partial charge in [-0.3, -0.25) is 4.79 Å². The normalized spacial score (nSPS) is 20.8. The van der Waals surface area contributed by atoms with Crippen molar-refractivity contribution in [3.05, 3.63) is 46.1 Å². The van der Waals surface area contributed by atoms with Crippen LogP contribution >= 0.6 is 11.6 Å². The summed E-state index contributed by atoms with van der Waals surface area (Å²) in [6.45, 7) is 0. The van der Waals surface area contributed by atoms with Crippen molar-refractivity contribution in [2.45, 2.75) is 25.3 Å². The Labute approximate surface area is 125 Å². The fourth-order valence-corrected chi connectivity index (χ4v) is 3.20. The predicted molar refractivity (Wildman–Crippen MR) is 76.9 cm³/mol. The summed E-state index contributed by atoms with van der Waals surface area (Å²) in [6.07, 6.45) is 2.26. The van der Waals surface area contributed by atoms with Crippen molar-refractivity contribution in [3.8, 4) is 0 Å². The first-order valence-corrected chi connectivity index (χ1v) is 7.18. The number of halogens is 1. The van der Waals surface area contributed by atoms with E-state index in [4.69, 9.17) is 11.6 Å². The SMILES string of the molecule is O=C1CCCC2=C1[C@H](c1cccc(Cl)c1)n1nnnc1N2. The number of hydrogen-bond donors (Lipinski definition) is 1. The highest BCUT2D eigenvalue weighted by Gasteiger charge is 2.36. The van der Waals surface area contributed by atoms with E-state index in [9.17, 15) is 4.79 Å². The Morgan fingerprint density at radius 2 is 2.24 bits per heavy atom. The maximum absolute atomic E-state index is 12.4. The molecule has 106 valence electrons. The lowest BCUT2D eigenvalue weighted by molar-refractivity contribution is -0.116. The van der Waals surface area contributed by atoms with E-state index in [0.29, 0.717) is 17.4 Å². The molecule has 0 spiro atoms. The molecular formula is C14H12ClN5O. The van der Waals surface area contributed by atoms with Gasteiger partial charge in [0.2, 0.25) is 5.95 Å². The maximum atomic E-state index is 12.4. The van der Waals surface area contributed by atoms with Crippen molar-refractivity contribution in [2.75, 3.05) is 5.32 Å². The predicted octanol–water partition coefficient (Wildman–Crippen LogP) is 2.35. The Balaban J connectivity index is 1.93. The zero-order chi connectivity index (χ0) is 14.4. The van der Waals surface area contributed by atoms with Crippen LogP contribution in [0.25, 0.3) is 0 Å². The van der Waals surface area contributed by atoms with Gasteiger partial charge in [0, 0.05) is 22.7 Å². The molecule has 6 nitrogen and oxygen atoms in total. The summed E-state index contributed by atoms with van der Waals surface area (Å²) in [6, 6.07) is 7.18. The summed E-state index contributed by atoms with van der Waals surface area (Å²) < 4.78 is 1.65. The Kier molecular flexibility index (Phi) is 2.78. The molecule has 7 heteroatoms. The molecule has 1 N–H and O–H groups in total. The number of fused-ring (bicyclic) bond motifs is 1. The third-order valence-corrected chi connectivity index (χ3v) is 4.13. The fraction of sp³-hybridized carbons (Fsp3) is 0.286. The minimum atomic E-state index is -0.308. The van der Waals surface area contributed by atoms with E-state index < -0.39 is 0 Å². The van der Waals surface area contributed by atoms with Crippen molar-refractivity contribution in [3.63, 3.8) is 0 Å². The van der Waals surface area contributed by atoms with Crippen molar-refractivity contribution in [1.29, 1.82) is 0 Å². The van der Waals surface area contributed by atoms with Crippen LogP contribution in [0.15, 0.2) is 35.5 Å². The summed E-state index contributed by atoms with van der Waals surface area (Å²) in [4.78, 5) is 12.4. The van der Waals surface area contributed by atoms with Crippen LogP contribution < -0.4 is 5.32 Å². The van der Waals surface area contributed by atoms with Gasteiger partial charge in [0.15, 0.2) is 5.78 Å². The zero-order valence-corrected chi connectivity index (χ0v) is 11.8. The van der Waals surface area contributed by atoms with E-state index in [-0.39, 0.29) is 11.8 Å². The molecule has 0 radical (unpaired) electrons. The Morgan fingerprint density at radius 1 is 1.33 bits per heavy atom. The summed E-state index contributed by atoms with van der Waals surface area (Å²) in [5, 5.41) is 15.5. The maximum Gasteiger partial charge on any atom is 0.248 e. The zero-order valence-electron chi connectivity index (χ0n) is 11.1. The van der Waals surface area contributed by atoms with Crippen LogP contribution in [0, 0.1) is 0 Å². The summed E-state index contributed by atoms with van der Waals surface area (Å²) in [5.74, 6) is 0.711. The minimum absolute atomic E-state index is 0.148. The van der Waals surface area contributed by atoms with Gasteiger partial charge in [0.25, 0.3) is 0 Å². The highest BCUT2D eigenvalue weighted by molar-refractivity contribution is 6.30. The van der Waals surface area contributed by atoms with E-state index in [0.717, 1.165) is 29.7 Å². The molecule has 2 aliphatic rings. The lowest BCUT2D eigenvalue weighted by Gasteiger charge is -2.31. The number of benzene rings is 1. The fourth-order valence-electron chi connectivity index (χ4n) is 3.00. The molecule has 4 rings (SSSR count). The summed E-state index contributed by atoms with van der Waals surface area (Å²) >= 11 is 6.10. The van der Waals surface area contributed by atoms with E-state index in [1.54, 1.807) is 4.68 Å². The first-order valence-electron chi connectivity index (χ1n) is 6.80. The Morgan fingerprint density at radius 3 is 3.10 bits per heavy atom. The number of nitrogens with one attached hydrogen (secondary N) is 1. The summed E-state index contributed by atoms with van der Waals surface area (Å²) in [7, 11) is 0. The van der Waals surface area contributed by atoms with E-state index in [1.165, 1.54) is 0 Å². The molecule has 1 atom stereocenters. The molecular weight excluding hydrogens is 290 g/mol. The lowest BCUT2D eigenvalue weighted by Crippen LogP contribution is -2.31. The molecule has 1 aromatic heterocycles. The molecule has 0 amide bonds. The molecule has 21 heavy (non-hydrogen) atoms. The van der Waals surface area contributed by atoms with Gasteiger partial charge in [-0.25, -0.2) is 0 Å². The molecule has 1 aliphatic heterocycles. The van der Waals surface area contributed by atoms with E-state index in [1.807, 2.05) is 24.3 Å². The number of aromatic nitrogens is 4. The molecule has 2 heterocycles. The van der Waals surface area contributed by atoms with E-state index in [2.05, 4.69) is 20.8 Å². The van der Waals surface area contributed by atoms with Crippen LogP contribution in [-0.4, -0.2) is 26.0 Å². The monoisotopic (exact) mass is 301 g/mol. The molecule has 0 bridgehead atoms. The van der Waals surface area contributed by atoms with Gasteiger partial charge in [-0.2, -0.15) is 4.68 Å². The van der Waals surface area contributed by atoms with Gasteiger partial charge in [0.1, 0.15) is 6.04 Å². The third-order valence-electron chi connectivity index (χ3n) is 3.89. The van der Waals surface area contributed by atoms with Crippen molar-refractivity contribution in [2.24, 2.45) is 0 Å². The van der Waals surface area contributed by atoms with Crippen LogP contribution in [0.4, 0.5) is 5.95 Å². The largest absolute Gasteiger partial charge is 0.326 e. The van der Waals surface area contributed by atoms with Gasteiger partial charge in [0.05, 0.1) is 0 Å². The second-order valence-corrected chi connectivity index (χ2v) is 5.63. The molecule has 1 aromatic carbocycles. The van der Waals surface area contributed by atoms with Gasteiger partial charge in [-0.05, 0) is 41.0 Å². The average molecular weight is 302 g/mol. The Bertz CT molecular complexity index is 766. The number of carbonyl (C=O) groups is 1. The van der Waals surface area contributed by atoms with Gasteiger partial charge in [-0.1, -0.05) is 28.8 Å². The van der Waals surface area contributed by atoms with Gasteiger partial charge in [-0.15, -0.1) is 0 Å².